The summed E-state index contributed by atoms with van der Waals surface area (Å²) >= 11 is 19.3. The molecule has 0 saturated carbocycles. The van der Waals surface area contributed by atoms with Crippen molar-refractivity contribution in [2.75, 3.05) is 5.32 Å². The zero-order valence-electron chi connectivity index (χ0n) is 23.3. The van der Waals surface area contributed by atoms with E-state index in [0.717, 1.165) is 11.3 Å². The van der Waals surface area contributed by atoms with Gasteiger partial charge in [0.05, 0.1) is 46.2 Å². The maximum absolute atomic E-state index is 13.9. The van der Waals surface area contributed by atoms with Crippen molar-refractivity contribution in [3.8, 4) is 28.1 Å². The topological polar surface area (TPSA) is 113 Å². The summed E-state index contributed by atoms with van der Waals surface area (Å²) in [5.74, 6) is -0.308. The van der Waals surface area contributed by atoms with Gasteiger partial charge in [-0.1, -0.05) is 53.4 Å². The molecular formula is C30H27Cl3N8O2. The summed E-state index contributed by atoms with van der Waals surface area (Å²) < 4.78 is 4.95. The van der Waals surface area contributed by atoms with Gasteiger partial charge in [0.25, 0.3) is 5.56 Å². The minimum Gasteiger partial charge on any atom is -0.323 e. The van der Waals surface area contributed by atoms with Crippen molar-refractivity contribution < 1.29 is 4.79 Å². The van der Waals surface area contributed by atoms with E-state index in [1.54, 1.807) is 47.6 Å². The minimum absolute atomic E-state index is 0.0705. The first-order valence-corrected chi connectivity index (χ1v) is 15.0. The van der Waals surface area contributed by atoms with Gasteiger partial charge in [-0.2, -0.15) is 5.10 Å². The highest BCUT2D eigenvalue weighted by atomic mass is 35.5. The molecule has 1 aliphatic heterocycles. The highest BCUT2D eigenvalue weighted by molar-refractivity contribution is 6.34. The Bertz CT molecular complexity index is 1900. The molecule has 0 radical (unpaired) electrons. The van der Waals surface area contributed by atoms with Crippen molar-refractivity contribution in [1.29, 1.82) is 0 Å². The van der Waals surface area contributed by atoms with Gasteiger partial charge in [0.1, 0.15) is 0 Å². The van der Waals surface area contributed by atoms with E-state index in [0.29, 0.717) is 64.0 Å². The molecule has 4 aromatic heterocycles. The average Bonchev–Trinajstić information content (AvgIpc) is 3.61. The molecule has 43 heavy (non-hydrogen) atoms. The second-order valence-electron chi connectivity index (χ2n) is 10.5. The molecule has 0 fully saturated rings. The number of nitrogens with one attached hydrogen (secondary N) is 1. The number of carbonyl (C=O) groups is 1. The largest absolute Gasteiger partial charge is 0.323 e. The molecule has 2 bridgehead atoms. The Morgan fingerprint density at radius 2 is 1.86 bits per heavy atom. The summed E-state index contributed by atoms with van der Waals surface area (Å²) in [6.07, 6.45) is 8.48. The molecule has 5 heterocycles. The summed E-state index contributed by atoms with van der Waals surface area (Å²) in [4.78, 5) is 31.6. The quantitative estimate of drug-likeness (QED) is 0.235. The Labute approximate surface area is 262 Å². The maximum Gasteiger partial charge on any atom is 0.251 e. The van der Waals surface area contributed by atoms with Gasteiger partial charge < -0.3 is 9.88 Å². The number of anilines is 1. The first kappa shape index (κ1) is 29.1. The fraction of sp³-hybridized carbons (Fsp3) is 0.267. The maximum atomic E-state index is 13.9. The van der Waals surface area contributed by atoms with Crippen LogP contribution in [0.25, 0.3) is 28.1 Å². The van der Waals surface area contributed by atoms with E-state index in [2.05, 4.69) is 20.7 Å². The average molecular weight is 638 g/mol. The van der Waals surface area contributed by atoms with Crippen LogP contribution >= 0.6 is 34.8 Å². The molecule has 1 aliphatic rings. The van der Waals surface area contributed by atoms with Gasteiger partial charge in [0.2, 0.25) is 5.91 Å². The van der Waals surface area contributed by atoms with Crippen LogP contribution in [-0.2, 0) is 11.3 Å². The Hall–Kier alpha value is -3.99. The van der Waals surface area contributed by atoms with Crippen molar-refractivity contribution in [3.63, 3.8) is 0 Å². The van der Waals surface area contributed by atoms with Crippen LogP contribution in [0, 0.1) is 5.92 Å². The van der Waals surface area contributed by atoms with Crippen molar-refractivity contribution >= 4 is 46.4 Å². The molecule has 10 nitrogen and oxygen atoms in total. The van der Waals surface area contributed by atoms with E-state index in [1.807, 2.05) is 30.7 Å². The summed E-state index contributed by atoms with van der Waals surface area (Å²) in [7, 11) is 0. The Kier molecular flexibility index (Phi) is 8.09. The number of rotatable bonds is 4. The zero-order valence-corrected chi connectivity index (χ0v) is 25.6. The highest BCUT2D eigenvalue weighted by Crippen LogP contribution is 2.36. The summed E-state index contributed by atoms with van der Waals surface area (Å²) in [6, 6.07) is 10.1. The fourth-order valence-corrected chi connectivity index (χ4v) is 6.05. The second-order valence-corrected chi connectivity index (χ2v) is 11.7. The van der Waals surface area contributed by atoms with Gasteiger partial charge in [0.15, 0.2) is 5.15 Å². The fourth-order valence-electron chi connectivity index (χ4n) is 5.49. The molecule has 1 N–H and O–H groups in total. The van der Waals surface area contributed by atoms with E-state index >= 15 is 0 Å². The molecule has 0 aliphatic carbocycles. The lowest BCUT2D eigenvalue weighted by Crippen LogP contribution is -2.26. The Morgan fingerprint density at radius 1 is 1.02 bits per heavy atom. The number of nitrogens with zero attached hydrogens (tertiary/aromatic N) is 7. The van der Waals surface area contributed by atoms with Crippen molar-refractivity contribution in [3.05, 3.63) is 92.4 Å². The van der Waals surface area contributed by atoms with Crippen LogP contribution in [0.2, 0.25) is 15.2 Å². The number of hydrogen-bond donors (Lipinski definition) is 1. The predicted octanol–water partition coefficient (Wildman–Crippen LogP) is 6.68. The molecule has 220 valence electrons. The van der Waals surface area contributed by atoms with Gasteiger partial charge in [-0.3, -0.25) is 19.3 Å². The van der Waals surface area contributed by atoms with Crippen LogP contribution in [0.4, 0.5) is 5.69 Å². The summed E-state index contributed by atoms with van der Waals surface area (Å²) in [5, 5.41) is 16.5. The second kappa shape index (κ2) is 11.9. The van der Waals surface area contributed by atoms with Crippen LogP contribution in [0.5, 0.6) is 0 Å². The van der Waals surface area contributed by atoms with Gasteiger partial charge in [0, 0.05) is 52.6 Å². The normalized spacial score (nSPS) is 17.1. The van der Waals surface area contributed by atoms with Crippen molar-refractivity contribution in [1.82, 2.24) is 34.3 Å². The standard InChI is InChI=1S/C30H27Cl3N8O2/c1-3-40-29-18-9-10-34-23(11-18)26(6-4-5-17(2)30(43)36-24(29)14-35-40)39-15-22(32)20(13-28(39)42)21-12-19(31)7-8-25(21)41-16-27(33)37-38-41/h7-17,26H,3-6H2,1-2H3,(H,36,43). The van der Waals surface area contributed by atoms with Crippen LogP contribution in [0.15, 0.2) is 66.0 Å². The number of aromatic nitrogens is 7. The molecular weight excluding hydrogens is 611 g/mol. The van der Waals surface area contributed by atoms with Crippen LogP contribution in [0.3, 0.4) is 0 Å². The van der Waals surface area contributed by atoms with E-state index in [4.69, 9.17) is 39.8 Å². The molecule has 0 spiro atoms. The van der Waals surface area contributed by atoms with E-state index in [-0.39, 0.29) is 22.5 Å². The molecule has 0 saturated heterocycles. The number of hydrogen-bond acceptors (Lipinski definition) is 6. The molecule has 13 heteroatoms. The number of aryl methyl sites for hydroxylation is 1. The summed E-state index contributed by atoms with van der Waals surface area (Å²) in [6.45, 7) is 4.51. The lowest BCUT2D eigenvalue weighted by molar-refractivity contribution is -0.119. The minimum atomic E-state index is -0.428. The van der Waals surface area contributed by atoms with Crippen molar-refractivity contribution in [2.45, 2.75) is 45.7 Å². The number of carbonyl (C=O) groups excluding carboxylic acids is 1. The monoisotopic (exact) mass is 636 g/mol. The lowest BCUT2D eigenvalue weighted by atomic mass is 9.96. The van der Waals surface area contributed by atoms with Gasteiger partial charge in [-0.25, -0.2) is 4.68 Å². The Morgan fingerprint density at radius 3 is 2.63 bits per heavy atom. The molecule has 2 atom stereocenters. The SMILES string of the molecule is CCn1ncc2c1-c1ccnc(c1)C(n1cc(Cl)c(-c3cc(Cl)ccc3-n3cc(Cl)nn3)cc1=O)CCCC(C)C(=O)N2. The molecule has 1 aromatic carbocycles. The zero-order chi connectivity index (χ0) is 30.2. The van der Waals surface area contributed by atoms with Crippen LogP contribution < -0.4 is 10.9 Å². The van der Waals surface area contributed by atoms with E-state index in [1.165, 1.54) is 10.7 Å². The lowest BCUT2D eigenvalue weighted by Gasteiger charge is -2.23. The van der Waals surface area contributed by atoms with E-state index in [9.17, 15) is 9.59 Å². The van der Waals surface area contributed by atoms with Gasteiger partial charge in [-0.15, -0.1) is 5.10 Å². The molecule has 6 rings (SSSR count). The number of benzene rings is 1. The predicted molar refractivity (Wildman–Crippen MR) is 167 cm³/mol. The van der Waals surface area contributed by atoms with Crippen LogP contribution in [-0.4, -0.2) is 40.2 Å². The first-order chi connectivity index (χ1) is 20.7. The third-order valence-corrected chi connectivity index (χ3v) is 8.39. The number of fused-ring (bicyclic) bond motifs is 4. The van der Waals surface area contributed by atoms with Crippen molar-refractivity contribution in [2.24, 2.45) is 5.92 Å². The highest BCUT2D eigenvalue weighted by Gasteiger charge is 2.25. The number of pyridine rings is 2. The van der Waals surface area contributed by atoms with Gasteiger partial charge in [-0.05, 0) is 50.1 Å². The number of amides is 1. The first-order valence-electron chi connectivity index (χ1n) is 13.9. The van der Waals surface area contributed by atoms with Crippen LogP contribution in [0.1, 0.15) is 44.8 Å². The summed E-state index contributed by atoms with van der Waals surface area (Å²) in [5.41, 5.74) is 4.40. The third-order valence-electron chi connectivity index (χ3n) is 7.68. The Balaban J connectivity index is 1.47. The molecule has 2 unspecified atom stereocenters. The third kappa shape index (κ3) is 5.70. The molecule has 1 amide bonds. The number of halogens is 3. The molecule has 5 aromatic rings. The smallest absolute Gasteiger partial charge is 0.251 e. The van der Waals surface area contributed by atoms with Gasteiger partial charge >= 0.3 is 0 Å². The van der Waals surface area contributed by atoms with E-state index < -0.39 is 6.04 Å².